The third kappa shape index (κ3) is 2.30. The second kappa shape index (κ2) is 4.78. The summed E-state index contributed by atoms with van der Waals surface area (Å²) in [5, 5.41) is 4.23. The zero-order chi connectivity index (χ0) is 13.4. The van der Waals surface area contributed by atoms with E-state index in [1.54, 1.807) is 11.3 Å². The third-order valence-electron chi connectivity index (χ3n) is 3.17. The quantitative estimate of drug-likeness (QED) is 0.835. The van der Waals surface area contributed by atoms with Gasteiger partial charge in [0.15, 0.2) is 0 Å². The maximum absolute atomic E-state index is 11.8. The van der Waals surface area contributed by atoms with Crippen LogP contribution in [0.5, 0.6) is 0 Å². The molecule has 0 saturated carbocycles. The van der Waals surface area contributed by atoms with E-state index < -0.39 is 6.04 Å². The van der Waals surface area contributed by atoms with Crippen molar-refractivity contribution >= 4 is 23.2 Å². The number of rotatable bonds is 3. The molecule has 0 aliphatic carbocycles. The molecular formula is C12H17N3O2S. The predicted molar refractivity (Wildman–Crippen MR) is 69.3 cm³/mol. The molecule has 2 heterocycles. The van der Waals surface area contributed by atoms with Crippen molar-refractivity contribution in [1.82, 2.24) is 15.2 Å². The lowest BCUT2D eigenvalue weighted by Gasteiger charge is -2.17. The number of carbonyl (C=O) groups is 2. The van der Waals surface area contributed by atoms with Gasteiger partial charge in [0.25, 0.3) is 0 Å². The Bertz CT molecular complexity index is 498. The van der Waals surface area contributed by atoms with Crippen LogP contribution in [0.25, 0.3) is 0 Å². The Hall–Kier alpha value is -1.27. The number of hydrogen-bond acceptors (Lipinski definition) is 5. The average molecular weight is 267 g/mol. The molecule has 18 heavy (non-hydrogen) atoms. The van der Waals surface area contributed by atoms with Crippen LogP contribution in [-0.4, -0.2) is 34.8 Å². The molecule has 1 saturated heterocycles. The summed E-state index contributed by atoms with van der Waals surface area (Å²) in [6.07, 6.45) is 0.247. The first-order valence-corrected chi connectivity index (χ1v) is 6.72. The number of imide groups is 1. The van der Waals surface area contributed by atoms with Gasteiger partial charge in [0, 0.05) is 18.0 Å². The van der Waals surface area contributed by atoms with E-state index in [0.29, 0.717) is 0 Å². The highest BCUT2D eigenvalue weighted by molar-refractivity contribution is 7.11. The van der Waals surface area contributed by atoms with E-state index in [1.165, 1.54) is 11.9 Å². The SMILES string of the molecule is Cc1nc(C)c(C(C)NC2CC(=O)N(C)C2=O)s1. The van der Waals surface area contributed by atoms with Crippen LogP contribution < -0.4 is 5.32 Å². The number of nitrogens with one attached hydrogen (secondary N) is 1. The van der Waals surface area contributed by atoms with Gasteiger partial charge in [-0.1, -0.05) is 0 Å². The number of hydrogen-bond donors (Lipinski definition) is 1. The summed E-state index contributed by atoms with van der Waals surface area (Å²) in [7, 11) is 1.53. The molecule has 1 aromatic rings. The predicted octanol–water partition coefficient (Wildman–Crippen LogP) is 1.17. The Labute approximate surface area is 110 Å². The number of amides is 2. The molecule has 0 aromatic carbocycles. The molecule has 0 bridgehead atoms. The molecule has 6 heteroatoms. The van der Waals surface area contributed by atoms with Crippen LogP contribution in [0.4, 0.5) is 0 Å². The van der Waals surface area contributed by atoms with Gasteiger partial charge >= 0.3 is 0 Å². The third-order valence-corrected chi connectivity index (χ3v) is 4.42. The van der Waals surface area contributed by atoms with Gasteiger partial charge in [-0.25, -0.2) is 4.98 Å². The molecule has 0 radical (unpaired) electrons. The normalized spacial score (nSPS) is 21.8. The van der Waals surface area contributed by atoms with Crippen molar-refractivity contribution in [3.63, 3.8) is 0 Å². The molecule has 2 unspecified atom stereocenters. The number of likely N-dealkylation sites (N-methyl/N-ethyl adjacent to an activating group) is 1. The van der Waals surface area contributed by atoms with E-state index in [-0.39, 0.29) is 24.3 Å². The van der Waals surface area contributed by atoms with Crippen molar-refractivity contribution < 1.29 is 9.59 Å². The molecule has 2 amide bonds. The van der Waals surface area contributed by atoms with Gasteiger partial charge in [0.1, 0.15) is 0 Å². The number of aromatic nitrogens is 1. The number of thiazole rings is 1. The Morgan fingerprint density at radius 3 is 2.56 bits per heavy atom. The van der Waals surface area contributed by atoms with E-state index in [1.807, 2.05) is 20.8 Å². The number of nitrogens with zero attached hydrogens (tertiary/aromatic N) is 2. The fourth-order valence-corrected chi connectivity index (χ4v) is 3.15. The molecular weight excluding hydrogens is 250 g/mol. The van der Waals surface area contributed by atoms with Crippen LogP contribution in [0.2, 0.25) is 0 Å². The van der Waals surface area contributed by atoms with E-state index in [2.05, 4.69) is 10.3 Å². The van der Waals surface area contributed by atoms with Crippen LogP contribution in [0, 0.1) is 13.8 Å². The molecule has 98 valence electrons. The Morgan fingerprint density at radius 1 is 1.44 bits per heavy atom. The highest BCUT2D eigenvalue weighted by atomic mass is 32.1. The molecule has 1 aromatic heterocycles. The van der Waals surface area contributed by atoms with Crippen molar-refractivity contribution in [1.29, 1.82) is 0 Å². The van der Waals surface area contributed by atoms with Gasteiger partial charge in [-0.2, -0.15) is 0 Å². The van der Waals surface area contributed by atoms with Crippen LogP contribution >= 0.6 is 11.3 Å². The fraction of sp³-hybridized carbons (Fsp3) is 0.583. The van der Waals surface area contributed by atoms with Crippen molar-refractivity contribution in [2.24, 2.45) is 0 Å². The number of likely N-dealkylation sites (tertiary alicyclic amines) is 1. The Morgan fingerprint density at radius 2 is 2.11 bits per heavy atom. The molecule has 1 fully saturated rings. The van der Waals surface area contributed by atoms with Crippen LogP contribution in [0.3, 0.4) is 0 Å². The summed E-state index contributed by atoms with van der Waals surface area (Å²) < 4.78 is 0. The first-order valence-electron chi connectivity index (χ1n) is 5.90. The van der Waals surface area contributed by atoms with Crippen LogP contribution in [0.1, 0.15) is 35.0 Å². The maximum Gasteiger partial charge on any atom is 0.246 e. The maximum atomic E-state index is 11.8. The minimum Gasteiger partial charge on any atom is -0.298 e. The summed E-state index contributed by atoms with van der Waals surface area (Å²) in [5.74, 6) is -0.271. The first kappa shape index (κ1) is 13.2. The van der Waals surface area contributed by atoms with Gasteiger partial charge < -0.3 is 0 Å². The van der Waals surface area contributed by atoms with Gasteiger partial charge in [-0.3, -0.25) is 19.8 Å². The van der Waals surface area contributed by atoms with E-state index in [0.717, 1.165) is 15.6 Å². The molecule has 1 aliphatic heterocycles. The van der Waals surface area contributed by atoms with Crippen LogP contribution in [-0.2, 0) is 9.59 Å². The minimum absolute atomic E-state index is 0.0319. The van der Waals surface area contributed by atoms with Crippen molar-refractivity contribution in [3.05, 3.63) is 15.6 Å². The summed E-state index contributed by atoms with van der Waals surface area (Å²) in [5.41, 5.74) is 0.989. The lowest BCUT2D eigenvalue weighted by Crippen LogP contribution is -2.38. The van der Waals surface area contributed by atoms with E-state index in [9.17, 15) is 9.59 Å². The van der Waals surface area contributed by atoms with E-state index >= 15 is 0 Å². The smallest absolute Gasteiger partial charge is 0.246 e. The molecule has 5 nitrogen and oxygen atoms in total. The standard InChI is InChI=1S/C12H17N3O2S/c1-6-11(18-8(3)13-6)7(2)14-9-5-10(16)15(4)12(9)17/h7,9,14H,5H2,1-4H3. The second-order valence-corrected chi connectivity index (χ2v) is 5.85. The van der Waals surface area contributed by atoms with Gasteiger partial charge in [-0.05, 0) is 20.8 Å². The zero-order valence-electron chi connectivity index (χ0n) is 11.0. The second-order valence-electron chi connectivity index (χ2n) is 4.62. The van der Waals surface area contributed by atoms with Crippen molar-refractivity contribution in [2.75, 3.05) is 7.05 Å². The average Bonchev–Trinajstić information content (AvgIpc) is 2.75. The fourth-order valence-electron chi connectivity index (χ4n) is 2.21. The molecule has 2 rings (SSSR count). The first-order chi connectivity index (χ1) is 8.40. The number of aryl methyl sites for hydroxylation is 2. The minimum atomic E-state index is -0.403. The Balaban J connectivity index is 2.09. The van der Waals surface area contributed by atoms with Gasteiger partial charge in [0.2, 0.25) is 11.8 Å². The lowest BCUT2D eigenvalue weighted by molar-refractivity contribution is -0.137. The summed E-state index contributed by atoms with van der Waals surface area (Å²) in [4.78, 5) is 29.9. The van der Waals surface area contributed by atoms with Crippen molar-refractivity contribution in [2.45, 2.75) is 39.3 Å². The monoisotopic (exact) mass is 267 g/mol. The molecule has 0 spiro atoms. The highest BCUT2D eigenvalue weighted by Crippen LogP contribution is 2.26. The van der Waals surface area contributed by atoms with Gasteiger partial charge in [0.05, 0.1) is 23.2 Å². The lowest BCUT2D eigenvalue weighted by atomic mass is 10.2. The van der Waals surface area contributed by atoms with Gasteiger partial charge in [-0.15, -0.1) is 11.3 Å². The summed E-state index contributed by atoms with van der Waals surface area (Å²) >= 11 is 1.63. The topological polar surface area (TPSA) is 62.3 Å². The largest absolute Gasteiger partial charge is 0.298 e. The Kier molecular flexibility index (Phi) is 3.49. The van der Waals surface area contributed by atoms with Crippen LogP contribution in [0.15, 0.2) is 0 Å². The highest BCUT2D eigenvalue weighted by Gasteiger charge is 2.36. The van der Waals surface area contributed by atoms with Crippen molar-refractivity contribution in [3.8, 4) is 0 Å². The number of carbonyl (C=O) groups excluding carboxylic acids is 2. The molecule has 1 aliphatic rings. The summed E-state index contributed by atoms with van der Waals surface area (Å²) in [6.45, 7) is 5.92. The zero-order valence-corrected chi connectivity index (χ0v) is 11.8. The molecule has 1 N–H and O–H groups in total. The van der Waals surface area contributed by atoms with E-state index in [4.69, 9.17) is 0 Å². The molecule has 2 atom stereocenters. The summed E-state index contributed by atoms with van der Waals surface area (Å²) in [6, 6.07) is -0.372.